The summed E-state index contributed by atoms with van der Waals surface area (Å²) < 4.78 is 26.7. The summed E-state index contributed by atoms with van der Waals surface area (Å²) in [5.74, 6) is -1.27. The molecule has 9 heteroatoms. The van der Waals surface area contributed by atoms with Crippen molar-refractivity contribution in [1.82, 2.24) is 4.98 Å². The molecular formula is C11H13N3O4S2. The van der Waals surface area contributed by atoms with E-state index in [0.717, 1.165) is 4.70 Å². The number of carboxylic acids is 1. The molecule has 4 N–H and O–H groups in total. The van der Waals surface area contributed by atoms with Crippen LogP contribution in [0.4, 0.5) is 10.8 Å². The molecule has 20 heavy (non-hydrogen) atoms. The van der Waals surface area contributed by atoms with Crippen LogP contribution in [0.1, 0.15) is 12.8 Å². The van der Waals surface area contributed by atoms with Gasteiger partial charge in [0.15, 0.2) is 5.13 Å². The number of aromatic nitrogens is 1. The van der Waals surface area contributed by atoms with Gasteiger partial charge in [-0.25, -0.2) is 13.4 Å². The molecular weight excluding hydrogens is 302 g/mol. The molecule has 7 nitrogen and oxygen atoms in total. The smallest absolute Gasteiger partial charge is 0.303 e. The second-order valence-corrected chi connectivity index (χ2v) is 7.04. The zero-order chi connectivity index (χ0) is 14.8. The van der Waals surface area contributed by atoms with Crippen molar-refractivity contribution in [3.8, 4) is 0 Å². The zero-order valence-electron chi connectivity index (χ0n) is 10.4. The Morgan fingerprint density at radius 2 is 2.20 bits per heavy atom. The third kappa shape index (κ3) is 3.81. The Morgan fingerprint density at radius 1 is 1.45 bits per heavy atom. The summed E-state index contributed by atoms with van der Waals surface area (Å²) in [6.07, 6.45) is -0.125. The number of nitrogen functional groups attached to an aromatic ring is 1. The van der Waals surface area contributed by atoms with Gasteiger partial charge in [0.25, 0.3) is 0 Å². The maximum Gasteiger partial charge on any atom is 0.303 e. The van der Waals surface area contributed by atoms with E-state index in [1.165, 1.54) is 11.3 Å². The second-order valence-electron chi connectivity index (χ2n) is 4.16. The molecule has 0 aliphatic carbocycles. The van der Waals surface area contributed by atoms with E-state index < -0.39 is 16.0 Å². The summed E-state index contributed by atoms with van der Waals surface area (Å²) in [6, 6.07) is 5.12. The first-order valence-corrected chi connectivity index (χ1v) is 8.21. The van der Waals surface area contributed by atoms with Crippen molar-refractivity contribution < 1.29 is 18.3 Å². The number of nitrogens with two attached hydrogens (primary N) is 1. The molecule has 2 rings (SSSR count). The van der Waals surface area contributed by atoms with Crippen molar-refractivity contribution in [2.45, 2.75) is 12.8 Å². The highest BCUT2D eigenvalue weighted by Gasteiger charge is 2.14. The summed E-state index contributed by atoms with van der Waals surface area (Å²) in [5.41, 5.74) is 6.88. The number of aliphatic carboxylic acids is 1. The highest BCUT2D eigenvalue weighted by molar-refractivity contribution is 7.92. The molecule has 2 aromatic rings. The van der Waals surface area contributed by atoms with Gasteiger partial charge < -0.3 is 10.8 Å². The van der Waals surface area contributed by atoms with Crippen LogP contribution in [0.15, 0.2) is 18.2 Å². The first-order valence-electron chi connectivity index (χ1n) is 5.74. The fourth-order valence-corrected chi connectivity index (χ4v) is 3.83. The fourth-order valence-electron chi connectivity index (χ4n) is 1.58. The van der Waals surface area contributed by atoms with Crippen LogP contribution in [0.25, 0.3) is 10.2 Å². The standard InChI is InChI=1S/C11H13N3O4S2/c12-7-3-4-8-9(6-7)19-11(13-8)14-20(17,18)5-1-2-10(15)16/h3-4,6H,1-2,5,12H2,(H,13,14)(H,15,16). The summed E-state index contributed by atoms with van der Waals surface area (Å²) >= 11 is 1.18. The number of carboxylic acid groups (broad SMARTS) is 1. The Kier molecular flexibility index (Phi) is 4.09. The summed E-state index contributed by atoms with van der Waals surface area (Å²) in [4.78, 5) is 14.5. The molecule has 0 unspecified atom stereocenters. The predicted molar refractivity (Wildman–Crippen MR) is 78.3 cm³/mol. The summed E-state index contributed by atoms with van der Waals surface area (Å²) in [6.45, 7) is 0. The lowest BCUT2D eigenvalue weighted by Gasteiger charge is -2.03. The lowest BCUT2D eigenvalue weighted by atomic mass is 10.3. The second kappa shape index (κ2) is 5.63. The maximum atomic E-state index is 11.8. The third-order valence-electron chi connectivity index (χ3n) is 2.46. The Labute approximate surface area is 119 Å². The van der Waals surface area contributed by atoms with Crippen molar-refractivity contribution in [3.63, 3.8) is 0 Å². The molecule has 0 aliphatic heterocycles. The minimum absolute atomic E-state index is 0.0580. The van der Waals surface area contributed by atoms with Crippen LogP contribution in [0.2, 0.25) is 0 Å². The minimum atomic E-state index is -3.58. The first kappa shape index (κ1) is 14.5. The van der Waals surface area contributed by atoms with Crippen LogP contribution in [0.3, 0.4) is 0 Å². The monoisotopic (exact) mass is 315 g/mol. The van der Waals surface area contributed by atoms with Crippen molar-refractivity contribution >= 4 is 48.4 Å². The van der Waals surface area contributed by atoms with Gasteiger partial charge in [-0.05, 0) is 24.6 Å². The van der Waals surface area contributed by atoms with Gasteiger partial charge in [-0.1, -0.05) is 11.3 Å². The van der Waals surface area contributed by atoms with Crippen LogP contribution in [0.5, 0.6) is 0 Å². The molecule has 0 radical (unpaired) electrons. The van der Waals surface area contributed by atoms with Gasteiger partial charge in [0.05, 0.1) is 16.0 Å². The molecule has 1 aromatic heterocycles. The number of hydrogen-bond donors (Lipinski definition) is 3. The lowest BCUT2D eigenvalue weighted by Crippen LogP contribution is -2.17. The Balaban J connectivity index is 2.08. The van der Waals surface area contributed by atoms with Crippen molar-refractivity contribution in [2.24, 2.45) is 0 Å². The SMILES string of the molecule is Nc1ccc2nc(NS(=O)(=O)CCCC(=O)O)sc2c1. The van der Waals surface area contributed by atoms with Crippen LogP contribution < -0.4 is 10.5 Å². The molecule has 0 aliphatic rings. The van der Waals surface area contributed by atoms with E-state index in [0.29, 0.717) is 11.2 Å². The van der Waals surface area contributed by atoms with Gasteiger partial charge in [-0.15, -0.1) is 0 Å². The number of sulfonamides is 1. The number of anilines is 2. The normalized spacial score (nSPS) is 11.6. The molecule has 0 fully saturated rings. The Bertz CT molecular complexity index is 739. The van der Waals surface area contributed by atoms with Gasteiger partial charge in [0.1, 0.15) is 0 Å². The summed E-state index contributed by atoms with van der Waals surface area (Å²) in [7, 11) is -3.58. The molecule has 1 aromatic carbocycles. The molecule has 0 amide bonds. The zero-order valence-corrected chi connectivity index (χ0v) is 12.0. The number of rotatable bonds is 6. The van der Waals surface area contributed by atoms with E-state index in [9.17, 15) is 13.2 Å². The Hall–Kier alpha value is -1.87. The molecule has 108 valence electrons. The van der Waals surface area contributed by atoms with Gasteiger partial charge in [0, 0.05) is 12.1 Å². The number of benzene rings is 1. The van der Waals surface area contributed by atoms with Gasteiger partial charge in [-0.2, -0.15) is 0 Å². The van der Waals surface area contributed by atoms with E-state index in [1.54, 1.807) is 18.2 Å². The third-order valence-corrected chi connectivity index (χ3v) is 4.85. The van der Waals surface area contributed by atoms with Gasteiger partial charge in [0.2, 0.25) is 10.0 Å². The van der Waals surface area contributed by atoms with E-state index in [1.807, 2.05) is 0 Å². The molecule has 1 heterocycles. The van der Waals surface area contributed by atoms with Crippen molar-refractivity contribution in [2.75, 3.05) is 16.2 Å². The molecule has 0 spiro atoms. The molecule has 0 bridgehead atoms. The quantitative estimate of drug-likeness (QED) is 0.694. The highest BCUT2D eigenvalue weighted by atomic mass is 32.2. The number of carbonyl (C=O) groups is 1. The molecule has 0 saturated carbocycles. The number of thiazole rings is 1. The highest BCUT2D eigenvalue weighted by Crippen LogP contribution is 2.28. The van der Waals surface area contributed by atoms with E-state index in [2.05, 4.69) is 9.71 Å². The van der Waals surface area contributed by atoms with E-state index in [-0.39, 0.29) is 23.7 Å². The Morgan fingerprint density at radius 3 is 2.90 bits per heavy atom. The lowest BCUT2D eigenvalue weighted by molar-refractivity contribution is -0.137. The first-order chi connectivity index (χ1) is 9.35. The minimum Gasteiger partial charge on any atom is -0.481 e. The van der Waals surface area contributed by atoms with Gasteiger partial charge in [-0.3, -0.25) is 9.52 Å². The number of nitrogens with one attached hydrogen (secondary N) is 1. The van der Waals surface area contributed by atoms with Crippen LogP contribution in [-0.2, 0) is 14.8 Å². The maximum absolute atomic E-state index is 11.8. The molecule has 0 saturated heterocycles. The largest absolute Gasteiger partial charge is 0.481 e. The van der Waals surface area contributed by atoms with Gasteiger partial charge >= 0.3 is 5.97 Å². The predicted octanol–water partition coefficient (Wildman–Crippen LogP) is 1.49. The van der Waals surface area contributed by atoms with Crippen molar-refractivity contribution in [1.29, 1.82) is 0 Å². The fraction of sp³-hybridized carbons (Fsp3) is 0.273. The topological polar surface area (TPSA) is 122 Å². The van der Waals surface area contributed by atoms with E-state index >= 15 is 0 Å². The van der Waals surface area contributed by atoms with Crippen LogP contribution in [0, 0.1) is 0 Å². The number of nitrogens with zero attached hydrogens (tertiary/aromatic N) is 1. The van der Waals surface area contributed by atoms with E-state index in [4.69, 9.17) is 10.8 Å². The average Bonchev–Trinajstić information content (AvgIpc) is 2.68. The summed E-state index contributed by atoms with van der Waals surface area (Å²) in [5, 5.41) is 8.73. The number of fused-ring (bicyclic) bond motifs is 1. The average molecular weight is 315 g/mol. The van der Waals surface area contributed by atoms with Crippen LogP contribution >= 0.6 is 11.3 Å². The number of hydrogen-bond acceptors (Lipinski definition) is 6. The van der Waals surface area contributed by atoms with Crippen LogP contribution in [-0.4, -0.2) is 30.2 Å². The van der Waals surface area contributed by atoms with Crippen molar-refractivity contribution in [3.05, 3.63) is 18.2 Å². The molecule has 0 atom stereocenters.